The molecule has 0 aliphatic carbocycles. The second-order valence-corrected chi connectivity index (χ2v) is 6.22. The minimum Gasteiger partial charge on any atom is -0.459 e. The third-order valence-corrected chi connectivity index (χ3v) is 4.44. The van der Waals surface area contributed by atoms with Gasteiger partial charge in [-0.1, -0.05) is 18.2 Å². The highest BCUT2D eigenvalue weighted by Gasteiger charge is 2.20. The van der Waals surface area contributed by atoms with E-state index in [1.54, 1.807) is 0 Å². The molecule has 0 radical (unpaired) electrons. The van der Waals surface area contributed by atoms with Crippen LogP contribution in [0.3, 0.4) is 0 Å². The van der Waals surface area contributed by atoms with E-state index in [0.29, 0.717) is 13.1 Å². The van der Waals surface area contributed by atoms with Gasteiger partial charge in [0.25, 0.3) is 0 Å². The summed E-state index contributed by atoms with van der Waals surface area (Å²) in [6, 6.07) is 9.69. The van der Waals surface area contributed by atoms with Crippen molar-refractivity contribution in [2.24, 2.45) is 0 Å². The van der Waals surface area contributed by atoms with E-state index >= 15 is 0 Å². The van der Waals surface area contributed by atoms with Crippen molar-refractivity contribution in [1.82, 2.24) is 19.8 Å². The molecule has 0 bridgehead atoms. The number of amides is 1. The molecule has 1 amide bonds. The lowest BCUT2D eigenvalue weighted by Crippen LogP contribution is -2.41. The van der Waals surface area contributed by atoms with Gasteiger partial charge in [0.2, 0.25) is 5.91 Å². The van der Waals surface area contributed by atoms with E-state index in [1.807, 2.05) is 49.6 Å². The molecule has 3 aromatic rings. The van der Waals surface area contributed by atoms with Gasteiger partial charge in [0.15, 0.2) is 0 Å². The van der Waals surface area contributed by atoms with Gasteiger partial charge in [-0.25, -0.2) is 4.98 Å². The van der Waals surface area contributed by atoms with Gasteiger partial charge in [0, 0.05) is 30.9 Å². The van der Waals surface area contributed by atoms with Crippen molar-refractivity contribution in [2.45, 2.75) is 26.1 Å². The summed E-state index contributed by atoms with van der Waals surface area (Å²) < 4.78 is 7.95. The summed E-state index contributed by atoms with van der Waals surface area (Å²) >= 11 is 0. The number of carbonyl (C=O) groups is 1. The van der Waals surface area contributed by atoms with Crippen molar-refractivity contribution in [3.05, 3.63) is 54.3 Å². The number of aromatic nitrogens is 2. The Morgan fingerprint density at radius 1 is 1.38 bits per heavy atom. The molecule has 24 heavy (non-hydrogen) atoms. The number of furan rings is 1. The van der Waals surface area contributed by atoms with E-state index < -0.39 is 0 Å². The predicted molar refractivity (Wildman–Crippen MR) is 90.3 cm³/mol. The molecule has 0 saturated heterocycles. The molecular formula is C18H20N4O2. The molecule has 1 aliphatic heterocycles. The first-order valence-electron chi connectivity index (χ1n) is 8.19. The highest BCUT2D eigenvalue weighted by atomic mass is 16.3. The number of rotatable bonds is 4. The summed E-state index contributed by atoms with van der Waals surface area (Å²) in [6.45, 7) is 4.76. The SMILES string of the molecule is C[C@H](NC(=O)CN1CCn2ccnc2C1)c1cc2ccccc2o1. The normalized spacial score (nSPS) is 16.0. The van der Waals surface area contributed by atoms with Crippen LogP contribution >= 0.6 is 0 Å². The summed E-state index contributed by atoms with van der Waals surface area (Å²) in [6.07, 6.45) is 3.79. The van der Waals surface area contributed by atoms with Crippen LogP contribution in [-0.2, 0) is 17.9 Å². The number of nitrogens with zero attached hydrogens (tertiary/aromatic N) is 3. The lowest BCUT2D eigenvalue weighted by atomic mass is 10.2. The second-order valence-electron chi connectivity index (χ2n) is 6.22. The Morgan fingerprint density at radius 2 is 2.25 bits per heavy atom. The smallest absolute Gasteiger partial charge is 0.234 e. The van der Waals surface area contributed by atoms with Gasteiger partial charge in [-0.2, -0.15) is 0 Å². The molecule has 0 spiro atoms. The maximum atomic E-state index is 12.3. The van der Waals surface area contributed by atoms with E-state index in [1.165, 1.54) is 0 Å². The van der Waals surface area contributed by atoms with Crippen LogP contribution < -0.4 is 5.32 Å². The molecule has 1 aliphatic rings. The largest absolute Gasteiger partial charge is 0.459 e. The molecule has 6 heteroatoms. The summed E-state index contributed by atoms with van der Waals surface area (Å²) in [4.78, 5) is 18.8. The molecule has 1 aromatic carbocycles. The molecule has 6 nitrogen and oxygen atoms in total. The Labute approximate surface area is 140 Å². The van der Waals surface area contributed by atoms with Crippen LogP contribution in [-0.4, -0.2) is 33.4 Å². The van der Waals surface area contributed by atoms with Gasteiger partial charge in [-0.05, 0) is 19.1 Å². The Bertz CT molecular complexity index is 834. The highest BCUT2D eigenvalue weighted by Crippen LogP contribution is 2.23. The maximum Gasteiger partial charge on any atom is 0.234 e. The minimum absolute atomic E-state index is 0.00274. The molecular weight excluding hydrogens is 304 g/mol. The third kappa shape index (κ3) is 2.92. The first kappa shape index (κ1) is 15.0. The van der Waals surface area contributed by atoms with Crippen LogP contribution in [0.15, 0.2) is 47.1 Å². The number of nitrogens with one attached hydrogen (secondary N) is 1. The zero-order chi connectivity index (χ0) is 16.5. The molecule has 4 rings (SSSR count). The average Bonchev–Trinajstić information content (AvgIpc) is 3.20. The van der Waals surface area contributed by atoms with E-state index in [2.05, 4.69) is 19.8 Å². The Balaban J connectivity index is 1.37. The summed E-state index contributed by atoms with van der Waals surface area (Å²) in [7, 11) is 0. The van der Waals surface area contributed by atoms with Gasteiger partial charge in [-0.15, -0.1) is 0 Å². The summed E-state index contributed by atoms with van der Waals surface area (Å²) in [5.74, 6) is 1.79. The van der Waals surface area contributed by atoms with Gasteiger partial charge in [-0.3, -0.25) is 9.69 Å². The van der Waals surface area contributed by atoms with Crippen molar-refractivity contribution >= 4 is 16.9 Å². The van der Waals surface area contributed by atoms with Gasteiger partial charge < -0.3 is 14.3 Å². The van der Waals surface area contributed by atoms with E-state index in [-0.39, 0.29) is 11.9 Å². The highest BCUT2D eigenvalue weighted by molar-refractivity contribution is 5.80. The lowest BCUT2D eigenvalue weighted by molar-refractivity contribution is -0.123. The molecule has 0 saturated carbocycles. The Kier molecular flexibility index (Phi) is 3.82. The number of carbonyl (C=O) groups excluding carboxylic acids is 1. The van der Waals surface area contributed by atoms with Crippen molar-refractivity contribution in [1.29, 1.82) is 0 Å². The predicted octanol–water partition coefficient (Wildman–Crippen LogP) is 2.32. The van der Waals surface area contributed by atoms with Crippen LogP contribution in [0.1, 0.15) is 24.6 Å². The van der Waals surface area contributed by atoms with Gasteiger partial charge >= 0.3 is 0 Å². The van der Waals surface area contributed by atoms with Crippen LogP contribution in [0, 0.1) is 0 Å². The van der Waals surface area contributed by atoms with Gasteiger partial charge in [0.05, 0.1) is 19.1 Å². The van der Waals surface area contributed by atoms with Crippen LogP contribution in [0.4, 0.5) is 0 Å². The van der Waals surface area contributed by atoms with Crippen LogP contribution in [0.25, 0.3) is 11.0 Å². The number of benzene rings is 1. The molecule has 3 heterocycles. The fraction of sp³-hybridized carbons (Fsp3) is 0.333. The van der Waals surface area contributed by atoms with Crippen molar-refractivity contribution in [3.8, 4) is 0 Å². The average molecular weight is 324 g/mol. The van der Waals surface area contributed by atoms with E-state index in [4.69, 9.17) is 4.42 Å². The summed E-state index contributed by atoms with van der Waals surface area (Å²) in [5.41, 5.74) is 0.844. The maximum absolute atomic E-state index is 12.3. The Morgan fingerprint density at radius 3 is 3.12 bits per heavy atom. The number of hydrogen-bond donors (Lipinski definition) is 1. The number of para-hydroxylation sites is 1. The molecule has 2 aromatic heterocycles. The lowest BCUT2D eigenvalue weighted by Gasteiger charge is -2.27. The van der Waals surface area contributed by atoms with E-state index in [0.717, 1.165) is 35.6 Å². The minimum atomic E-state index is -0.156. The quantitative estimate of drug-likeness (QED) is 0.800. The van der Waals surface area contributed by atoms with Crippen molar-refractivity contribution < 1.29 is 9.21 Å². The zero-order valence-electron chi connectivity index (χ0n) is 13.6. The molecule has 124 valence electrons. The summed E-state index contributed by atoms with van der Waals surface area (Å²) in [5, 5.41) is 4.07. The monoisotopic (exact) mass is 324 g/mol. The Hall–Kier alpha value is -2.60. The van der Waals surface area contributed by atoms with Crippen LogP contribution in [0.2, 0.25) is 0 Å². The first-order chi connectivity index (χ1) is 11.7. The standard InChI is InChI=1S/C18H20N4O2/c1-13(16-10-14-4-2-3-5-15(14)24-16)20-18(23)12-21-8-9-22-7-6-19-17(22)11-21/h2-7,10,13H,8-9,11-12H2,1H3,(H,20,23)/t13-/m0/s1. The number of fused-ring (bicyclic) bond motifs is 2. The molecule has 1 atom stereocenters. The first-order valence-corrected chi connectivity index (χ1v) is 8.19. The molecule has 1 N–H and O–H groups in total. The number of imidazole rings is 1. The number of hydrogen-bond acceptors (Lipinski definition) is 4. The fourth-order valence-electron chi connectivity index (χ4n) is 3.14. The zero-order valence-corrected chi connectivity index (χ0v) is 13.6. The van der Waals surface area contributed by atoms with Crippen LogP contribution in [0.5, 0.6) is 0 Å². The third-order valence-electron chi connectivity index (χ3n) is 4.44. The fourth-order valence-corrected chi connectivity index (χ4v) is 3.14. The van der Waals surface area contributed by atoms with Crippen molar-refractivity contribution in [3.63, 3.8) is 0 Å². The second kappa shape index (κ2) is 6.13. The topological polar surface area (TPSA) is 63.3 Å². The van der Waals surface area contributed by atoms with E-state index in [9.17, 15) is 4.79 Å². The van der Waals surface area contributed by atoms with Crippen molar-refractivity contribution in [2.75, 3.05) is 13.1 Å². The van der Waals surface area contributed by atoms with Gasteiger partial charge in [0.1, 0.15) is 17.2 Å². The molecule has 0 fully saturated rings. The molecule has 0 unspecified atom stereocenters.